The summed E-state index contributed by atoms with van der Waals surface area (Å²) in [6.07, 6.45) is 10.6. The monoisotopic (exact) mass is 412 g/mol. The van der Waals surface area contributed by atoms with Crippen LogP contribution in [0.4, 0.5) is 0 Å². The molecule has 1 aliphatic rings. The Morgan fingerprint density at radius 1 is 0.897 bits per heavy atom. The van der Waals surface area contributed by atoms with Gasteiger partial charge in [0, 0.05) is 0 Å². The molecule has 0 amide bonds. The number of hydrogen-bond donors (Lipinski definition) is 1. The summed E-state index contributed by atoms with van der Waals surface area (Å²) in [6, 6.07) is 0. The number of hydrogen-bond acceptors (Lipinski definition) is 3. The highest BCUT2D eigenvalue weighted by Crippen LogP contribution is 2.42. The molecule has 2 atom stereocenters. The molecule has 0 bridgehead atoms. The van der Waals surface area contributed by atoms with Gasteiger partial charge in [0.1, 0.15) is 0 Å². The third-order valence-electron chi connectivity index (χ3n) is 6.39. The second kappa shape index (κ2) is 11.5. The molecule has 0 heterocycles. The van der Waals surface area contributed by atoms with Gasteiger partial charge in [-0.2, -0.15) is 0 Å². The van der Waals surface area contributed by atoms with Crippen molar-refractivity contribution in [3.63, 3.8) is 0 Å². The lowest BCUT2D eigenvalue weighted by Crippen LogP contribution is -2.34. The fourth-order valence-electron chi connectivity index (χ4n) is 4.85. The predicted octanol–water partition coefficient (Wildman–Crippen LogP) is 7.15. The van der Waals surface area contributed by atoms with Crippen molar-refractivity contribution in [2.75, 3.05) is 6.61 Å². The van der Waals surface area contributed by atoms with E-state index < -0.39 is 0 Å². The van der Waals surface area contributed by atoms with E-state index in [9.17, 15) is 5.11 Å². The van der Waals surface area contributed by atoms with Gasteiger partial charge >= 0.3 is 0 Å². The molecule has 0 aromatic carbocycles. The predicted molar refractivity (Wildman–Crippen MR) is 124 cm³/mol. The summed E-state index contributed by atoms with van der Waals surface area (Å²) >= 11 is 0. The number of aliphatic hydroxyl groups is 1. The van der Waals surface area contributed by atoms with Crippen LogP contribution < -0.4 is 0 Å². The van der Waals surface area contributed by atoms with Crippen LogP contribution in [0.1, 0.15) is 120 Å². The Kier molecular flexibility index (Phi) is 10.7. The van der Waals surface area contributed by atoms with Gasteiger partial charge in [-0.25, -0.2) is 0 Å². The lowest BCUT2D eigenvalue weighted by Gasteiger charge is -2.40. The summed E-state index contributed by atoms with van der Waals surface area (Å²) in [6.45, 7) is 20.6. The van der Waals surface area contributed by atoms with Crippen molar-refractivity contribution in [2.24, 2.45) is 16.7 Å². The van der Waals surface area contributed by atoms with Gasteiger partial charge in [0.15, 0.2) is 0 Å². The van der Waals surface area contributed by atoms with Crippen LogP contribution in [0.5, 0.6) is 0 Å². The highest BCUT2D eigenvalue weighted by molar-refractivity contribution is 4.85. The first-order valence-corrected chi connectivity index (χ1v) is 12.2. The van der Waals surface area contributed by atoms with E-state index in [4.69, 9.17) is 9.47 Å². The van der Waals surface area contributed by atoms with Crippen LogP contribution in [0.2, 0.25) is 0 Å². The Morgan fingerprint density at radius 3 is 1.97 bits per heavy atom. The van der Waals surface area contributed by atoms with Gasteiger partial charge < -0.3 is 14.6 Å². The third-order valence-corrected chi connectivity index (χ3v) is 6.39. The molecule has 0 aromatic rings. The molecule has 0 aromatic heterocycles. The Hall–Kier alpha value is -0.120. The highest BCUT2D eigenvalue weighted by Gasteiger charge is 2.34. The maximum Gasteiger partial charge on any atom is 0.0778 e. The molecule has 0 aliphatic heterocycles. The SMILES string of the molecule is CCCC(CCC(C)(C)C1CCC(OCC(O)CC(C)(C)C)CC1)OC(C)(C)C. The minimum absolute atomic E-state index is 0.0586. The molecule has 3 nitrogen and oxygen atoms in total. The summed E-state index contributed by atoms with van der Waals surface area (Å²) in [5, 5.41) is 10.2. The summed E-state index contributed by atoms with van der Waals surface area (Å²) in [7, 11) is 0. The van der Waals surface area contributed by atoms with E-state index in [0.29, 0.717) is 24.2 Å². The lowest BCUT2D eigenvalue weighted by molar-refractivity contribution is -0.0742. The standard InChI is InChI=1S/C26H52O3/c1-10-11-23(29-25(5,6)7)16-17-26(8,9)20-12-14-22(15-13-20)28-19-21(27)18-24(2,3)4/h20-23,27H,10-19H2,1-9H3. The largest absolute Gasteiger partial charge is 0.391 e. The van der Waals surface area contributed by atoms with E-state index >= 15 is 0 Å². The summed E-state index contributed by atoms with van der Waals surface area (Å²) in [4.78, 5) is 0. The van der Waals surface area contributed by atoms with E-state index in [0.717, 1.165) is 38.0 Å². The number of aliphatic hydroxyl groups excluding tert-OH is 1. The summed E-state index contributed by atoms with van der Waals surface area (Å²) < 4.78 is 12.4. The zero-order chi connectivity index (χ0) is 22.3. The molecule has 1 fully saturated rings. The second-order valence-electron chi connectivity index (χ2n) is 12.4. The van der Waals surface area contributed by atoms with E-state index in [1.165, 1.54) is 25.7 Å². The normalized spacial score (nSPS) is 23.8. The Morgan fingerprint density at radius 2 is 1.48 bits per heavy atom. The molecule has 2 unspecified atom stereocenters. The van der Waals surface area contributed by atoms with Crippen LogP contribution in [-0.2, 0) is 9.47 Å². The number of rotatable bonds is 11. The third kappa shape index (κ3) is 11.7. The first kappa shape index (κ1) is 26.9. The summed E-state index contributed by atoms with van der Waals surface area (Å²) in [5.74, 6) is 0.763. The topological polar surface area (TPSA) is 38.7 Å². The molecule has 0 radical (unpaired) electrons. The van der Waals surface area contributed by atoms with Crippen molar-refractivity contribution in [1.82, 2.24) is 0 Å². The van der Waals surface area contributed by atoms with E-state index in [1.807, 2.05) is 0 Å². The molecule has 0 saturated heterocycles. The first-order valence-electron chi connectivity index (χ1n) is 12.2. The van der Waals surface area contributed by atoms with Crippen molar-refractivity contribution in [3.05, 3.63) is 0 Å². The molecule has 1 N–H and O–H groups in total. The highest BCUT2D eigenvalue weighted by atomic mass is 16.5. The van der Waals surface area contributed by atoms with Crippen LogP contribution in [0.25, 0.3) is 0 Å². The van der Waals surface area contributed by atoms with Gasteiger partial charge in [0.05, 0.1) is 30.5 Å². The van der Waals surface area contributed by atoms with E-state index in [2.05, 4.69) is 62.3 Å². The van der Waals surface area contributed by atoms with Crippen molar-refractivity contribution in [3.8, 4) is 0 Å². The van der Waals surface area contributed by atoms with Gasteiger partial charge in [-0.1, -0.05) is 48.0 Å². The maximum absolute atomic E-state index is 10.2. The van der Waals surface area contributed by atoms with Crippen molar-refractivity contribution < 1.29 is 14.6 Å². The van der Waals surface area contributed by atoms with Crippen LogP contribution >= 0.6 is 0 Å². The molecule has 3 heteroatoms. The molecule has 0 spiro atoms. The Balaban J connectivity index is 2.41. The summed E-state index contributed by atoms with van der Waals surface area (Å²) in [5.41, 5.74) is 0.442. The van der Waals surface area contributed by atoms with Crippen molar-refractivity contribution in [2.45, 2.75) is 144 Å². The molecule has 1 saturated carbocycles. The molecule has 29 heavy (non-hydrogen) atoms. The first-order chi connectivity index (χ1) is 13.2. The van der Waals surface area contributed by atoms with Crippen LogP contribution in [0.3, 0.4) is 0 Å². The van der Waals surface area contributed by atoms with Crippen molar-refractivity contribution in [1.29, 1.82) is 0 Å². The van der Waals surface area contributed by atoms with Crippen molar-refractivity contribution >= 4 is 0 Å². The smallest absolute Gasteiger partial charge is 0.0778 e. The Labute approximate surface area is 182 Å². The maximum atomic E-state index is 10.2. The second-order valence-corrected chi connectivity index (χ2v) is 12.4. The van der Waals surface area contributed by atoms with Gasteiger partial charge in [-0.3, -0.25) is 0 Å². The molecule has 1 aliphatic carbocycles. The van der Waals surface area contributed by atoms with Gasteiger partial charge in [-0.15, -0.1) is 0 Å². The van der Waals surface area contributed by atoms with Gasteiger partial charge in [0.2, 0.25) is 0 Å². The molecular formula is C26H52O3. The number of ether oxygens (including phenoxy) is 2. The van der Waals surface area contributed by atoms with Gasteiger partial charge in [-0.05, 0) is 88.9 Å². The quantitative estimate of drug-likeness (QED) is 0.391. The van der Waals surface area contributed by atoms with E-state index in [1.54, 1.807) is 0 Å². The average Bonchev–Trinajstić information content (AvgIpc) is 2.56. The average molecular weight is 413 g/mol. The lowest BCUT2D eigenvalue weighted by atomic mass is 9.68. The molecular weight excluding hydrogens is 360 g/mol. The fourth-order valence-corrected chi connectivity index (χ4v) is 4.85. The molecule has 174 valence electrons. The minimum Gasteiger partial charge on any atom is -0.391 e. The van der Waals surface area contributed by atoms with Gasteiger partial charge in [0.25, 0.3) is 0 Å². The molecule has 1 rings (SSSR count). The zero-order valence-corrected chi connectivity index (χ0v) is 21.1. The van der Waals surface area contributed by atoms with Crippen LogP contribution in [0.15, 0.2) is 0 Å². The fraction of sp³-hybridized carbons (Fsp3) is 1.00. The van der Waals surface area contributed by atoms with E-state index in [-0.39, 0.29) is 17.1 Å². The van der Waals surface area contributed by atoms with Crippen LogP contribution in [-0.4, -0.2) is 35.6 Å². The minimum atomic E-state index is -0.345. The van der Waals surface area contributed by atoms with Crippen LogP contribution in [0, 0.1) is 16.7 Å². The Bertz CT molecular complexity index is 436. The zero-order valence-electron chi connectivity index (χ0n) is 21.1.